The molecule has 2 heterocycles. The number of imide groups is 1. The molecular formula is C36H37N3O7. The van der Waals surface area contributed by atoms with Crippen molar-refractivity contribution in [3.8, 4) is 22.6 Å². The monoisotopic (exact) mass is 623 g/mol. The summed E-state index contributed by atoms with van der Waals surface area (Å²) in [5.41, 5.74) is 3.58. The lowest BCUT2D eigenvalue weighted by molar-refractivity contribution is -0.137. The summed E-state index contributed by atoms with van der Waals surface area (Å²) in [6.07, 6.45) is 2.89. The lowest BCUT2D eigenvalue weighted by Gasteiger charge is -2.26. The molecule has 46 heavy (non-hydrogen) atoms. The Kier molecular flexibility index (Phi) is 9.95. The Hall–Kier alpha value is -5.25. The maximum absolute atomic E-state index is 13.4. The maximum atomic E-state index is 13.4. The van der Waals surface area contributed by atoms with Crippen molar-refractivity contribution in [1.82, 2.24) is 16.0 Å². The first-order valence-electron chi connectivity index (χ1n) is 15.3. The number of carbonyl (C=O) groups excluding carboxylic acids is 5. The molecule has 0 bridgehead atoms. The molecule has 2 aliphatic rings. The molecule has 5 rings (SSSR count). The normalized spacial score (nSPS) is 18.6. The van der Waals surface area contributed by atoms with Gasteiger partial charge in [-0.2, -0.15) is 0 Å². The lowest BCUT2D eigenvalue weighted by atomic mass is 9.85. The van der Waals surface area contributed by atoms with Crippen LogP contribution in [-0.2, 0) is 24.0 Å². The van der Waals surface area contributed by atoms with Crippen molar-refractivity contribution in [2.24, 2.45) is 17.8 Å². The van der Waals surface area contributed by atoms with Gasteiger partial charge in [-0.15, -0.1) is 0 Å². The van der Waals surface area contributed by atoms with Crippen LogP contribution >= 0.6 is 0 Å². The maximum Gasteiger partial charge on any atom is 0.244 e. The molecule has 0 radical (unpaired) electrons. The molecule has 0 aromatic heterocycles. The Morgan fingerprint density at radius 2 is 1.54 bits per heavy atom. The summed E-state index contributed by atoms with van der Waals surface area (Å²) in [7, 11) is 0. The van der Waals surface area contributed by atoms with Gasteiger partial charge in [-0.1, -0.05) is 81.4 Å². The number of benzene rings is 3. The van der Waals surface area contributed by atoms with E-state index in [1.165, 1.54) is 13.0 Å². The van der Waals surface area contributed by atoms with E-state index in [0.717, 1.165) is 16.7 Å². The van der Waals surface area contributed by atoms with Crippen LogP contribution in [0.4, 0.5) is 0 Å². The first-order chi connectivity index (χ1) is 22.1. The van der Waals surface area contributed by atoms with E-state index in [0.29, 0.717) is 30.3 Å². The number of ether oxygens (including phenoxy) is 2. The molecule has 1 unspecified atom stereocenters. The van der Waals surface area contributed by atoms with Crippen LogP contribution in [0.2, 0.25) is 0 Å². The van der Waals surface area contributed by atoms with E-state index in [9.17, 15) is 24.0 Å². The molecule has 0 aliphatic carbocycles. The van der Waals surface area contributed by atoms with Crippen LogP contribution in [0, 0.1) is 17.8 Å². The molecule has 238 valence electrons. The van der Waals surface area contributed by atoms with Crippen LogP contribution in [0.3, 0.4) is 0 Å². The number of fused-ring (bicyclic) bond motifs is 1. The molecule has 3 aromatic carbocycles. The van der Waals surface area contributed by atoms with E-state index >= 15 is 0 Å². The second kappa shape index (κ2) is 14.2. The number of amides is 4. The van der Waals surface area contributed by atoms with Crippen LogP contribution in [0.25, 0.3) is 17.2 Å². The fraction of sp³-hybridized carbons (Fsp3) is 0.306. The number of hydrogen-bond acceptors (Lipinski definition) is 7. The molecular weight excluding hydrogens is 586 g/mol. The summed E-state index contributed by atoms with van der Waals surface area (Å²) >= 11 is 0. The Balaban J connectivity index is 1.31. The summed E-state index contributed by atoms with van der Waals surface area (Å²) in [6, 6.07) is 21.2. The van der Waals surface area contributed by atoms with E-state index in [1.54, 1.807) is 38.1 Å². The van der Waals surface area contributed by atoms with Crippen molar-refractivity contribution in [3.05, 3.63) is 90.0 Å². The van der Waals surface area contributed by atoms with Gasteiger partial charge in [0, 0.05) is 6.08 Å². The van der Waals surface area contributed by atoms with Crippen LogP contribution in [-0.4, -0.2) is 48.7 Å². The SMILES string of the molecule is CC(C)[C@H](NC(=O)CC(NC(=O)/C=C/c1ccc(-c2ccccc2)cc1)c1ccc2c(c1)OCCO2)C(=O)[C@@H]1C(=O)NC(=O)[C@H]1C. The molecule has 2 aliphatic heterocycles. The summed E-state index contributed by atoms with van der Waals surface area (Å²) in [5, 5.41) is 7.86. The number of rotatable bonds is 11. The summed E-state index contributed by atoms with van der Waals surface area (Å²) in [5.74, 6) is -3.94. The number of carbonyl (C=O) groups is 5. The van der Waals surface area contributed by atoms with Gasteiger partial charge in [0.05, 0.1) is 24.4 Å². The number of Topliss-reactive ketones (excluding diaryl/α,β-unsaturated/α-hetero) is 1. The predicted molar refractivity (Wildman–Crippen MR) is 171 cm³/mol. The number of ketones is 1. The smallest absolute Gasteiger partial charge is 0.244 e. The van der Waals surface area contributed by atoms with Crippen LogP contribution < -0.4 is 25.4 Å². The third-order valence-corrected chi connectivity index (χ3v) is 8.16. The predicted octanol–water partition coefficient (Wildman–Crippen LogP) is 4.00. The Morgan fingerprint density at radius 3 is 2.20 bits per heavy atom. The highest BCUT2D eigenvalue weighted by atomic mass is 16.6. The van der Waals surface area contributed by atoms with Crippen LogP contribution in [0.1, 0.15) is 44.4 Å². The summed E-state index contributed by atoms with van der Waals surface area (Å²) in [4.78, 5) is 64.3. The Bertz CT molecular complexity index is 1650. The lowest BCUT2D eigenvalue weighted by Crippen LogP contribution is -2.49. The quantitative estimate of drug-likeness (QED) is 0.167. The van der Waals surface area contributed by atoms with Gasteiger partial charge in [0.1, 0.15) is 19.1 Å². The molecule has 4 amide bonds. The van der Waals surface area contributed by atoms with Crippen LogP contribution in [0.15, 0.2) is 78.9 Å². The molecule has 0 spiro atoms. The molecule has 3 N–H and O–H groups in total. The van der Waals surface area contributed by atoms with E-state index in [4.69, 9.17) is 9.47 Å². The molecule has 3 aromatic rings. The third-order valence-electron chi connectivity index (χ3n) is 8.16. The summed E-state index contributed by atoms with van der Waals surface area (Å²) in [6.45, 7) is 5.80. The van der Waals surface area contributed by atoms with Gasteiger partial charge in [0.15, 0.2) is 17.3 Å². The van der Waals surface area contributed by atoms with E-state index in [2.05, 4.69) is 16.0 Å². The van der Waals surface area contributed by atoms with Gasteiger partial charge < -0.3 is 20.1 Å². The molecule has 1 saturated heterocycles. The zero-order valence-electron chi connectivity index (χ0n) is 25.9. The minimum atomic E-state index is -1.18. The van der Waals surface area contributed by atoms with Gasteiger partial charge in [0.25, 0.3) is 0 Å². The van der Waals surface area contributed by atoms with Gasteiger partial charge in [-0.25, -0.2) is 0 Å². The van der Waals surface area contributed by atoms with Crippen molar-refractivity contribution in [3.63, 3.8) is 0 Å². The van der Waals surface area contributed by atoms with Crippen molar-refractivity contribution in [2.75, 3.05) is 13.2 Å². The van der Waals surface area contributed by atoms with E-state index in [-0.39, 0.29) is 12.3 Å². The highest BCUT2D eigenvalue weighted by Crippen LogP contribution is 2.33. The molecule has 10 nitrogen and oxygen atoms in total. The Morgan fingerprint density at radius 1 is 0.870 bits per heavy atom. The minimum Gasteiger partial charge on any atom is -0.486 e. The second-order valence-corrected chi connectivity index (χ2v) is 11.8. The van der Waals surface area contributed by atoms with E-state index in [1.807, 2.05) is 54.6 Å². The fourth-order valence-corrected chi connectivity index (χ4v) is 5.58. The van der Waals surface area contributed by atoms with Crippen LogP contribution in [0.5, 0.6) is 11.5 Å². The zero-order chi connectivity index (χ0) is 32.8. The largest absolute Gasteiger partial charge is 0.486 e. The Labute approximate surface area is 267 Å². The third kappa shape index (κ3) is 7.51. The topological polar surface area (TPSA) is 140 Å². The molecule has 10 heteroatoms. The minimum absolute atomic E-state index is 0.202. The van der Waals surface area contributed by atoms with Crippen molar-refractivity contribution >= 4 is 35.5 Å². The first kappa shape index (κ1) is 32.2. The number of hydrogen-bond donors (Lipinski definition) is 3. The zero-order valence-corrected chi connectivity index (χ0v) is 25.9. The van der Waals surface area contributed by atoms with Crippen molar-refractivity contribution in [1.29, 1.82) is 0 Å². The highest BCUT2D eigenvalue weighted by Gasteiger charge is 2.46. The first-order valence-corrected chi connectivity index (χ1v) is 15.3. The highest BCUT2D eigenvalue weighted by molar-refractivity contribution is 6.16. The molecule has 1 fully saturated rings. The fourth-order valence-electron chi connectivity index (χ4n) is 5.58. The molecule has 0 saturated carbocycles. The average molecular weight is 624 g/mol. The van der Waals surface area contributed by atoms with Gasteiger partial charge >= 0.3 is 0 Å². The van der Waals surface area contributed by atoms with Gasteiger partial charge in [-0.05, 0) is 46.4 Å². The van der Waals surface area contributed by atoms with Crippen molar-refractivity contribution in [2.45, 2.75) is 39.3 Å². The number of nitrogens with one attached hydrogen (secondary N) is 3. The van der Waals surface area contributed by atoms with Crippen molar-refractivity contribution < 1.29 is 33.4 Å². The second-order valence-electron chi connectivity index (χ2n) is 11.8. The van der Waals surface area contributed by atoms with Gasteiger partial charge in [0.2, 0.25) is 23.6 Å². The summed E-state index contributed by atoms with van der Waals surface area (Å²) < 4.78 is 11.3. The van der Waals surface area contributed by atoms with E-state index < -0.39 is 53.3 Å². The molecule has 4 atom stereocenters. The average Bonchev–Trinajstić information content (AvgIpc) is 3.32. The van der Waals surface area contributed by atoms with Gasteiger partial charge in [-0.3, -0.25) is 29.3 Å². The standard InChI is InChI=1S/C36H37N3O7/c1-21(2)33(34(42)32-22(3)35(43)39-36(32)44)38-31(41)20-27(26-14-15-28-29(19-26)46-18-17-45-28)37-30(40)16-11-23-9-12-25(13-10-23)24-7-5-4-6-8-24/h4-16,19,21-22,27,32-33H,17-18,20H2,1-3H3,(H,37,40)(H,38,41)(H,39,43,44)/b16-11+/t22-,27?,32+,33-/m0/s1.